The molecule has 0 aromatic heterocycles. The predicted molar refractivity (Wildman–Crippen MR) is 64.0 cm³/mol. The highest BCUT2D eigenvalue weighted by atomic mass is 19.1. The third-order valence-corrected chi connectivity index (χ3v) is 3.41. The van der Waals surface area contributed by atoms with Crippen LogP contribution in [0.5, 0.6) is 0 Å². The van der Waals surface area contributed by atoms with Gasteiger partial charge in [-0.15, -0.1) is 0 Å². The van der Waals surface area contributed by atoms with E-state index in [2.05, 4.69) is 0 Å². The number of hydrogen-bond donors (Lipinski definition) is 1. The fraction of sp³-hybridized carbons (Fsp3) is 0.462. The van der Waals surface area contributed by atoms with Crippen LogP contribution in [0.2, 0.25) is 0 Å². The lowest BCUT2D eigenvalue weighted by atomic mass is 9.97. The van der Waals surface area contributed by atoms with Gasteiger partial charge in [0.15, 0.2) is 0 Å². The highest BCUT2D eigenvalue weighted by Gasteiger charge is 2.32. The Balaban J connectivity index is 2.10. The molecule has 0 bridgehead atoms. The van der Waals surface area contributed by atoms with Crippen LogP contribution < -0.4 is 5.73 Å². The molecule has 0 aliphatic carbocycles. The van der Waals surface area contributed by atoms with E-state index in [1.807, 2.05) is 11.8 Å². The van der Waals surface area contributed by atoms with Gasteiger partial charge in [-0.3, -0.25) is 4.79 Å². The average molecular weight is 236 g/mol. The van der Waals surface area contributed by atoms with Gasteiger partial charge in [-0.25, -0.2) is 4.39 Å². The van der Waals surface area contributed by atoms with E-state index in [4.69, 9.17) is 5.73 Å². The third kappa shape index (κ3) is 2.47. The molecule has 2 rings (SSSR count). The van der Waals surface area contributed by atoms with Crippen molar-refractivity contribution in [1.82, 2.24) is 4.90 Å². The van der Waals surface area contributed by atoms with Crippen LogP contribution in [0.15, 0.2) is 24.3 Å². The van der Waals surface area contributed by atoms with Crippen LogP contribution in [0.3, 0.4) is 0 Å². The summed E-state index contributed by atoms with van der Waals surface area (Å²) in [6.45, 7) is 2.76. The van der Waals surface area contributed by atoms with E-state index in [1.54, 1.807) is 12.1 Å². The quantitative estimate of drug-likeness (QED) is 0.845. The van der Waals surface area contributed by atoms with Gasteiger partial charge in [0.2, 0.25) is 5.91 Å². The Labute approximate surface area is 100 Å². The van der Waals surface area contributed by atoms with Gasteiger partial charge in [-0.2, -0.15) is 0 Å². The molecule has 3 nitrogen and oxygen atoms in total. The molecule has 1 amide bonds. The first kappa shape index (κ1) is 12.0. The van der Waals surface area contributed by atoms with E-state index in [1.165, 1.54) is 12.1 Å². The lowest BCUT2D eigenvalue weighted by molar-refractivity contribution is -0.130. The minimum Gasteiger partial charge on any atom is -0.338 e. The summed E-state index contributed by atoms with van der Waals surface area (Å²) in [4.78, 5) is 13.4. The molecule has 1 aromatic carbocycles. The van der Waals surface area contributed by atoms with E-state index < -0.39 is 0 Å². The van der Waals surface area contributed by atoms with Crippen LogP contribution in [-0.2, 0) is 4.79 Å². The van der Waals surface area contributed by atoms with Crippen molar-refractivity contribution in [1.29, 1.82) is 0 Å². The van der Waals surface area contributed by atoms with Gasteiger partial charge < -0.3 is 10.6 Å². The fourth-order valence-corrected chi connectivity index (χ4v) is 2.47. The molecule has 0 radical (unpaired) electrons. The maximum absolute atomic E-state index is 12.8. The van der Waals surface area contributed by atoms with Crippen LogP contribution in [0.25, 0.3) is 0 Å². The maximum Gasteiger partial charge on any atom is 0.236 e. The third-order valence-electron chi connectivity index (χ3n) is 3.41. The van der Waals surface area contributed by atoms with Crippen molar-refractivity contribution in [3.05, 3.63) is 35.6 Å². The van der Waals surface area contributed by atoms with Crippen LogP contribution in [0.1, 0.15) is 24.8 Å². The van der Waals surface area contributed by atoms with E-state index in [-0.39, 0.29) is 24.3 Å². The molecule has 1 aromatic rings. The second-order valence-corrected chi connectivity index (χ2v) is 4.58. The molecule has 0 spiro atoms. The Hall–Kier alpha value is -1.42. The highest BCUT2D eigenvalue weighted by molar-refractivity contribution is 5.78. The number of amides is 1. The Bertz CT molecular complexity index is 404. The van der Waals surface area contributed by atoms with Gasteiger partial charge in [0, 0.05) is 18.5 Å². The Kier molecular flexibility index (Phi) is 3.43. The fourth-order valence-electron chi connectivity index (χ4n) is 2.47. The summed E-state index contributed by atoms with van der Waals surface area (Å²) in [6.07, 6.45) is 0.914. The highest BCUT2D eigenvalue weighted by Crippen LogP contribution is 2.31. The molecule has 1 aliphatic rings. The standard InChI is InChI=1S/C13H17FN2O/c1-9-6-11(8-16(9)13(17)7-15)10-2-4-12(14)5-3-10/h2-5,9,11H,6-8,15H2,1H3/t9-,11+/m1/s1. The summed E-state index contributed by atoms with van der Waals surface area (Å²) in [7, 11) is 0. The molecule has 0 unspecified atom stereocenters. The summed E-state index contributed by atoms with van der Waals surface area (Å²) in [5.74, 6) is 0.0536. The van der Waals surface area contributed by atoms with Gasteiger partial charge in [-0.05, 0) is 31.0 Å². The monoisotopic (exact) mass is 236 g/mol. The Morgan fingerprint density at radius 2 is 2.12 bits per heavy atom. The number of nitrogens with two attached hydrogens (primary N) is 1. The zero-order chi connectivity index (χ0) is 12.4. The van der Waals surface area contributed by atoms with Crippen molar-refractivity contribution in [2.24, 2.45) is 5.73 Å². The SMILES string of the molecule is C[C@@H]1C[C@H](c2ccc(F)cc2)CN1C(=O)CN. The summed E-state index contributed by atoms with van der Waals surface area (Å²) < 4.78 is 12.8. The Morgan fingerprint density at radius 3 is 2.71 bits per heavy atom. The molecular formula is C13H17FN2O. The number of benzene rings is 1. The predicted octanol–water partition coefficient (Wildman–Crippen LogP) is 1.49. The number of likely N-dealkylation sites (tertiary alicyclic amines) is 1. The Morgan fingerprint density at radius 1 is 1.47 bits per heavy atom. The van der Waals surface area contributed by atoms with Crippen LogP contribution >= 0.6 is 0 Å². The molecular weight excluding hydrogens is 219 g/mol. The van der Waals surface area contributed by atoms with E-state index >= 15 is 0 Å². The first-order valence-electron chi connectivity index (χ1n) is 5.87. The van der Waals surface area contributed by atoms with E-state index in [0.717, 1.165) is 12.0 Å². The summed E-state index contributed by atoms with van der Waals surface area (Å²) in [6, 6.07) is 6.73. The van der Waals surface area contributed by atoms with Crippen LogP contribution in [0.4, 0.5) is 4.39 Å². The molecule has 4 heteroatoms. The molecule has 92 valence electrons. The molecule has 1 heterocycles. The second-order valence-electron chi connectivity index (χ2n) is 4.58. The average Bonchev–Trinajstić information content (AvgIpc) is 2.71. The number of carbonyl (C=O) groups is 1. The summed E-state index contributed by atoms with van der Waals surface area (Å²) in [5.41, 5.74) is 6.47. The molecule has 1 saturated heterocycles. The molecule has 17 heavy (non-hydrogen) atoms. The summed E-state index contributed by atoms with van der Waals surface area (Å²) >= 11 is 0. The van der Waals surface area contributed by atoms with E-state index in [9.17, 15) is 9.18 Å². The zero-order valence-electron chi connectivity index (χ0n) is 9.90. The largest absolute Gasteiger partial charge is 0.338 e. The van der Waals surface area contributed by atoms with Crippen molar-refractivity contribution < 1.29 is 9.18 Å². The molecule has 1 fully saturated rings. The van der Waals surface area contributed by atoms with E-state index in [0.29, 0.717) is 12.5 Å². The first-order valence-corrected chi connectivity index (χ1v) is 5.87. The molecule has 0 saturated carbocycles. The normalized spacial score (nSPS) is 24.1. The van der Waals surface area contributed by atoms with Gasteiger partial charge in [0.05, 0.1) is 6.54 Å². The van der Waals surface area contributed by atoms with Crippen molar-refractivity contribution >= 4 is 5.91 Å². The number of rotatable bonds is 2. The second kappa shape index (κ2) is 4.84. The number of carbonyl (C=O) groups excluding carboxylic acids is 1. The minimum absolute atomic E-state index is 0.0119. The molecule has 2 atom stereocenters. The van der Waals surface area contributed by atoms with Crippen molar-refractivity contribution in [3.63, 3.8) is 0 Å². The van der Waals surface area contributed by atoms with Gasteiger partial charge in [0.1, 0.15) is 5.82 Å². The van der Waals surface area contributed by atoms with Gasteiger partial charge in [-0.1, -0.05) is 12.1 Å². The minimum atomic E-state index is -0.227. The topological polar surface area (TPSA) is 46.3 Å². The number of nitrogens with zero attached hydrogens (tertiary/aromatic N) is 1. The number of hydrogen-bond acceptors (Lipinski definition) is 2. The smallest absolute Gasteiger partial charge is 0.236 e. The van der Waals surface area contributed by atoms with Crippen LogP contribution in [0, 0.1) is 5.82 Å². The lowest BCUT2D eigenvalue weighted by Crippen LogP contribution is -2.38. The van der Waals surface area contributed by atoms with Crippen molar-refractivity contribution in [2.75, 3.05) is 13.1 Å². The first-order chi connectivity index (χ1) is 8.11. The molecule has 2 N–H and O–H groups in total. The van der Waals surface area contributed by atoms with Gasteiger partial charge in [0.25, 0.3) is 0 Å². The lowest BCUT2D eigenvalue weighted by Gasteiger charge is -2.20. The maximum atomic E-state index is 12.8. The van der Waals surface area contributed by atoms with Crippen molar-refractivity contribution in [2.45, 2.75) is 25.3 Å². The van der Waals surface area contributed by atoms with Crippen LogP contribution in [-0.4, -0.2) is 29.9 Å². The number of halogens is 1. The summed E-state index contributed by atoms with van der Waals surface area (Å²) in [5, 5.41) is 0. The molecule has 1 aliphatic heterocycles. The zero-order valence-corrected chi connectivity index (χ0v) is 9.90. The van der Waals surface area contributed by atoms with Gasteiger partial charge >= 0.3 is 0 Å². The van der Waals surface area contributed by atoms with Crippen molar-refractivity contribution in [3.8, 4) is 0 Å².